The van der Waals surface area contributed by atoms with E-state index in [1.807, 2.05) is 52.0 Å². The first-order chi connectivity index (χ1) is 16.2. The average molecular weight is 458 g/mol. The number of benzene rings is 2. The highest BCUT2D eigenvalue weighted by molar-refractivity contribution is 6.30. The lowest BCUT2D eigenvalue weighted by Gasteiger charge is -2.33. The summed E-state index contributed by atoms with van der Waals surface area (Å²) in [6.45, 7) is 1.66. The number of fused-ring (bicyclic) bond motifs is 1. The molecule has 4 aromatic rings. The Kier molecular flexibility index (Phi) is 6.45. The Morgan fingerprint density at radius 3 is 2.39 bits per heavy atom. The van der Waals surface area contributed by atoms with Gasteiger partial charge in [0.2, 0.25) is 5.91 Å². The molecule has 1 aliphatic heterocycles. The average Bonchev–Trinajstić information content (AvgIpc) is 3.27. The van der Waals surface area contributed by atoms with E-state index < -0.39 is 0 Å². The van der Waals surface area contributed by atoms with E-state index in [-0.39, 0.29) is 11.8 Å². The number of rotatable bonds is 6. The Labute approximate surface area is 199 Å². The molecule has 0 aliphatic carbocycles. The van der Waals surface area contributed by atoms with Gasteiger partial charge in [0, 0.05) is 37.8 Å². The zero-order valence-electron chi connectivity index (χ0n) is 18.6. The second-order valence-corrected chi connectivity index (χ2v) is 9.38. The molecule has 168 valence electrons. The van der Waals surface area contributed by atoms with Crippen molar-refractivity contribution in [2.75, 3.05) is 13.1 Å². The van der Waals surface area contributed by atoms with Crippen molar-refractivity contribution in [2.45, 2.75) is 31.6 Å². The highest BCUT2D eigenvalue weighted by Crippen LogP contribution is 2.31. The van der Waals surface area contributed by atoms with Crippen LogP contribution < -0.4 is 0 Å². The molecule has 2 aromatic heterocycles. The Hall–Kier alpha value is -3.11. The third-order valence-corrected chi connectivity index (χ3v) is 6.99. The number of likely N-dealkylation sites (tertiary alicyclic amines) is 1. The predicted octanol–water partition coefficient (Wildman–Crippen LogP) is 5.99. The number of hydrogen-bond acceptors (Lipinski definition) is 2. The van der Waals surface area contributed by atoms with E-state index in [0.717, 1.165) is 49.3 Å². The topological polar surface area (TPSA) is 37.6 Å². The van der Waals surface area contributed by atoms with Crippen LogP contribution in [0.4, 0.5) is 0 Å². The van der Waals surface area contributed by atoms with E-state index in [0.29, 0.717) is 17.4 Å². The summed E-state index contributed by atoms with van der Waals surface area (Å²) in [5.74, 6) is 0.774. The molecule has 1 unspecified atom stereocenters. The number of nitrogens with zero attached hydrogens (tertiary/aromatic N) is 3. The van der Waals surface area contributed by atoms with Crippen molar-refractivity contribution in [2.24, 2.45) is 5.92 Å². The molecule has 5 heteroatoms. The number of carbonyl (C=O) groups excluding carboxylic acids is 1. The number of hydrogen-bond donors (Lipinski definition) is 0. The van der Waals surface area contributed by atoms with E-state index in [4.69, 9.17) is 11.6 Å². The lowest BCUT2D eigenvalue weighted by Crippen LogP contribution is -2.39. The number of halogens is 1. The van der Waals surface area contributed by atoms with Gasteiger partial charge in [-0.3, -0.25) is 4.79 Å². The quantitative estimate of drug-likeness (QED) is 0.356. The molecule has 33 heavy (non-hydrogen) atoms. The molecule has 0 bridgehead atoms. The lowest BCUT2D eigenvalue weighted by molar-refractivity contribution is -0.132. The van der Waals surface area contributed by atoms with Crippen LogP contribution in [0.15, 0.2) is 85.2 Å². The van der Waals surface area contributed by atoms with Crippen LogP contribution in [0, 0.1) is 5.92 Å². The maximum Gasteiger partial charge on any atom is 0.223 e. The van der Waals surface area contributed by atoms with Crippen molar-refractivity contribution in [3.8, 4) is 0 Å². The molecular formula is C28H28ClN3O. The number of carbonyl (C=O) groups is 1. The third kappa shape index (κ3) is 4.96. The summed E-state index contributed by atoms with van der Waals surface area (Å²) >= 11 is 6.27. The van der Waals surface area contributed by atoms with Gasteiger partial charge in [0.15, 0.2) is 0 Å². The highest BCUT2D eigenvalue weighted by atomic mass is 35.5. The van der Waals surface area contributed by atoms with Gasteiger partial charge in [-0.2, -0.15) is 0 Å². The van der Waals surface area contributed by atoms with Gasteiger partial charge in [-0.25, -0.2) is 4.98 Å². The second kappa shape index (κ2) is 9.80. The van der Waals surface area contributed by atoms with Crippen molar-refractivity contribution in [1.29, 1.82) is 0 Å². The van der Waals surface area contributed by atoms with Gasteiger partial charge in [0.05, 0.1) is 10.7 Å². The molecule has 0 radical (unpaired) electrons. The first-order valence-electron chi connectivity index (χ1n) is 11.7. The minimum atomic E-state index is -0.0748. The van der Waals surface area contributed by atoms with Crippen LogP contribution in [0.25, 0.3) is 5.65 Å². The normalized spacial score (nSPS) is 15.6. The van der Waals surface area contributed by atoms with Crippen LogP contribution in [0.5, 0.6) is 0 Å². The van der Waals surface area contributed by atoms with Gasteiger partial charge < -0.3 is 9.30 Å². The largest absolute Gasteiger partial charge is 0.343 e. The SMILES string of the molecule is O=C(CC(c1ccccc1)c1cnc2ccc(Cl)cn12)N1CCC(Cc2ccccc2)CC1. The highest BCUT2D eigenvalue weighted by Gasteiger charge is 2.27. The molecule has 1 fully saturated rings. The number of amides is 1. The van der Waals surface area contributed by atoms with Crippen molar-refractivity contribution in [3.63, 3.8) is 0 Å². The predicted molar refractivity (Wildman–Crippen MR) is 133 cm³/mol. The fraction of sp³-hybridized carbons (Fsp3) is 0.286. The number of imidazole rings is 1. The Balaban J connectivity index is 1.31. The van der Waals surface area contributed by atoms with Gasteiger partial charge in [-0.05, 0) is 48.4 Å². The Morgan fingerprint density at radius 1 is 0.970 bits per heavy atom. The van der Waals surface area contributed by atoms with E-state index in [9.17, 15) is 4.79 Å². The summed E-state index contributed by atoms with van der Waals surface area (Å²) in [6.07, 6.45) is 7.40. The fourth-order valence-electron chi connectivity index (χ4n) is 4.95. The van der Waals surface area contributed by atoms with Gasteiger partial charge in [0.25, 0.3) is 0 Å². The molecule has 0 spiro atoms. The molecular weight excluding hydrogens is 430 g/mol. The van der Waals surface area contributed by atoms with Crippen molar-refractivity contribution < 1.29 is 4.79 Å². The summed E-state index contributed by atoms with van der Waals surface area (Å²) < 4.78 is 2.01. The standard InChI is InChI=1S/C28H28ClN3O/c29-24-11-12-27-30-19-26(32(27)20-24)25(23-9-5-2-6-10-23)18-28(33)31-15-13-22(14-16-31)17-21-7-3-1-4-8-21/h1-12,19-20,22,25H,13-18H2. The smallest absolute Gasteiger partial charge is 0.223 e. The fourth-order valence-corrected chi connectivity index (χ4v) is 5.11. The Bertz CT molecular complexity index is 1210. The van der Waals surface area contributed by atoms with Crippen molar-refractivity contribution in [3.05, 3.63) is 107 Å². The zero-order chi connectivity index (χ0) is 22.6. The molecule has 1 atom stereocenters. The van der Waals surface area contributed by atoms with Crippen LogP contribution in [-0.2, 0) is 11.2 Å². The first kappa shape index (κ1) is 21.7. The van der Waals surface area contributed by atoms with Gasteiger partial charge in [-0.1, -0.05) is 72.3 Å². The van der Waals surface area contributed by atoms with Crippen LogP contribution in [-0.4, -0.2) is 33.3 Å². The summed E-state index contributed by atoms with van der Waals surface area (Å²) in [6, 6.07) is 24.7. The van der Waals surface area contributed by atoms with Gasteiger partial charge in [-0.15, -0.1) is 0 Å². The maximum atomic E-state index is 13.4. The summed E-state index contributed by atoms with van der Waals surface area (Å²) in [4.78, 5) is 20.0. The summed E-state index contributed by atoms with van der Waals surface area (Å²) in [7, 11) is 0. The maximum absolute atomic E-state index is 13.4. The molecule has 1 amide bonds. The molecule has 0 saturated carbocycles. The molecule has 1 saturated heterocycles. The van der Waals surface area contributed by atoms with E-state index in [1.54, 1.807) is 0 Å². The molecule has 4 nitrogen and oxygen atoms in total. The van der Waals surface area contributed by atoms with E-state index in [2.05, 4.69) is 47.4 Å². The molecule has 5 rings (SSSR count). The number of aromatic nitrogens is 2. The summed E-state index contributed by atoms with van der Waals surface area (Å²) in [5.41, 5.74) is 4.33. The zero-order valence-corrected chi connectivity index (χ0v) is 19.4. The number of pyridine rings is 1. The Morgan fingerprint density at radius 2 is 1.67 bits per heavy atom. The van der Waals surface area contributed by atoms with Crippen molar-refractivity contribution in [1.82, 2.24) is 14.3 Å². The molecule has 1 aliphatic rings. The lowest BCUT2D eigenvalue weighted by atomic mass is 9.89. The molecule has 0 N–H and O–H groups in total. The first-order valence-corrected chi connectivity index (χ1v) is 12.0. The van der Waals surface area contributed by atoms with Crippen LogP contribution in [0.3, 0.4) is 0 Å². The van der Waals surface area contributed by atoms with Gasteiger partial charge >= 0.3 is 0 Å². The molecule has 2 aromatic carbocycles. The monoisotopic (exact) mass is 457 g/mol. The summed E-state index contributed by atoms with van der Waals surface area (Å²) in [5, 5.41) is 0.653. The third-order valence-electron chi connectivity index (χ3n) is 6.77. The van der Waals surface area contributed by atoms with E-state index in [1.165, 1.54) is 5.56 Å². The minimum Gasteiger partial charge on any atom is -0.343 e. The van der Waals surface area contributed by atoms with Crippen LogP contribution in [0.2, 0.25) is 5.02 Å². The number of piperidine rings is 1. The van der Waals surface area contributed by atoms with Gasteiger partial charge in [0.1, 0.15) is 5.65 Å². The van der Waals surface area contributed by atoms with Crippen LogP contribution >= 0.6 is 11.6 Å². The van der Waals surface area contributed by atoms with Crippen LogP contribution in [0.1, 0.15) is 42.0 Å². The second-order valence-electron chi connectivity index (χ2n) is 8.94. The van der Waals surface area contributed by atoms with E-state index >= 15 is 0 Å². The van der Waals surface area contributed by atoms with Crippen molar-refractivity contribution >= 4 is 23.2 Å². The minimum absolute atomic E-state index is 0.0748. The molecule has 3 heterocycles.